The zero-order valence-electron chi connectivity index (χ0n) is 6.79. The van der Waals surface area contributed by atoms with Gasteiger partial charge in [0, 0.05) is 11.5 Å². The zero-order valence-corrected chi connectivity index (χ0v) is 6.79. The van der Waals surface area contributed by atoms with Crippen LogP contribution in [-0.4, -0.2) is 6.61 Å². The van der Waals surface area contributed by atoms with E-state index in [0.717, 1.165) is 18.8 Å². The van der Waals surface area contributed by atoms with Crippen LogP contribution in [0.5, 0.6) is 5.75 Å². The summed E-state index contributed by atoms with van der Waals surface area (Å²) >= 11 is 0. The van der Waals surface area contributed by atoms with Crippen LogP contribution in [0.3, 0.4) is 0 Å². The van der Waals surface area contributed by atoms with E-state index in [0.29, 0.717) is 5.92 Å². The number of benzene rings is 1. The lowest BCUT2D eigenvalue weighted by Crippen LogP contribution is -2.28. The number of para-hydroxylation sites is 1. The van der Waals surface area contributed by atoms with Crippen molar-refractivity contribution in [3.05, 3.63) is 29.8 Å². The van der Waals surface area contributed by atoms with E-state index in [2.05, 4.69) is 6.07 Å². The Kier molecular flexibility index (Phi) is 0.989. The van der Waals surface area contributed by atoms with Crippen molar-refractivity contribution in [1.29, 1.82) is 0 Å². The lowest BCUT2D eigenvalue weighted by atomic mass is 10.0. The molecule has 2 unspecified atom stereocenters. The molecule has 0 spiro atoms. The van der Waals surface area contributed by atoms with Gasteiger partial charge in [-0.1, -0.05) is 18.2 Å². The van der Waals surface area contributed by atoms with Gasteiger partial charge >= 0.3 is 0 Å². The minimum atomic E-state index is -0.0468. The Morgan fingerprint density at radius 3 is 3.17 bits per heavy atom. The molecule has 1 heterocycles. The summed E-state index contributed by atoms with van der Waals surface area (Å²) in [5.41, 5.74) is 7.33. The molecule has 2 atom stereocenters. The number of hydrogen-bond donors (Lipinski definition) is 1. The molecule has 2 aliphatic rings. The summed E-state index contributed by atoms with van der Waals surface area (Å²) in [6, 6.07) is 8.09. The third-order valence-electron chi connectivity index (χ3n) is 2.98. The van der Waals surface area contributed by atoms with Crippen LogP contribution < -0.4 is 10.5 Å². The van der Waals surface area contributed by atoms with Gasteiger partial charge in [-0.3, -0.25) is 0 Å². The van der Waals surface area contributed by atoms with Crippen LogP contribution in [0, 0.1) is 5.92 Å². The van der Waals surface area contributed by atoms with Crippen molar-refractivity contribution in [2.24, 2.45) is 11.7 Å². The van der Waals surface area contributed by atoms with Crippen LogP contribution in [-0.2, 0) is 5.54 Å². The van der Waals surface area contributed by atoms with E-state index < -0.39 is 0 Å². The maximum Gasteiger partial charge on any atom is 0.124 e. The fourth-order valence-electron chi connectivity index (χ4n) is 2.05. The van der Waals surface area contributed by atoms with Gasteiger partial charge in [-0.05, 0) is 12.5 Å². The van der Waals surface area contributed by atoms with Gasteiger partial charge < -0.3 is 10.5 Å². The molecule has 0 radical (unpaired) electrons. The molecule has 1 fully saturated rings. The average molecular weight is 161 g/mol. The Morgan fingerprint density at radius 1 is 1.42 bits per heavy atom. The summed E-state index contributed by atoms with van der Waals surface area (Å²) in [5, 5.41) is 0. The van der Waals surface area contributed by atoms with Crippen molar-refractivity contribution in [2.45, 2.75) is 12.0 Å². The highest BCUT2D eigenvalue weighted by atomic mass is 16.5. The number of nitrogens with two attached hydrogens (primary N) is 1. The normalized spacial score (nSPS) is 36.2. The molecule has 62 valence electrons. The number of hydrogen-bond acceptors (Lipinski definition) is 2. The lowest BCUT2D eigenvalue weighted by Gasteiger charge is -2.22. The zero-order chi connectivity index (χ0) is 8.18. The molecule has 3 rings (SSSR count). The molecule has 1 aromatic rings. The first-order valence-electron chi connectivity index (χ1n) is 4.32. The topological polar surface area (TPSA) is 35.2 Å². The molecule has 1 aliphatic heterocycles. The molecule has 0 saturated heterocycles. The van der Waals surface area contributed by atoms with Crippen LogP contribution in [0.1, 0.15) is 12.0 Å². The standard InChI is InChI=1S/C10H11NO/c11-10-5-7(10)6-12-9-4-2-1-3-8(9)10/h1-4,7H,5-6,11H2. The molecular formula is C10H11NO. The van der Waals surface area contributed by atoms with Gasteiger partial charge in [0.25, 0.3) is 0 Å². The Labute approximate surface area is 71.3 Å². The second-order valence-corrected chi connectivity index (χ2v) is 3.75. The molecule has 1 aromatic carbocycles. The van der Waals surface area contributed by atoms with Crippen LogP contribution in [0.2, 0.25) is 0 Å². The molecule has 0 aromatic heterocycles. The van der Waals surface area contributed by atoms with Gasteiger partial charge in [0.2, 0.25) is 0 Å². The first-order valence-corrected chi connectivity index (χ1v) is 4.32. The summed E-state index contributed by atoms with van der Waals surface area (Å²) in [7, 11) is 0. The molecule has 2 nitrogen and oxygen atoms in total. The average Bonchev–Trinajstić information content (AvgIpc) is 2.78. The lowest BCUT2D eigenvalue weighted by molar-refractivity contribution is 0.260. The van der Waals surface area contributed by atoms with Gasteiger partial charge in [-0.25, -0.2) is 0 Å². The summed E-state index contributed by atoms with van der Waals surface area (Å²) < 4.78 is 5.56. The van der Waals surface area contributed by atoms with Gasteiger partial charge in [0.15, 0.2) is 0 Å². The number of rotatable bonds is 0. The van der Waals surface area contributed by atoms with E-state index in [1.165, 1.54) is 5.56 Å². The molecule has 2 heteroatoms. The van der Waals surface area contributed by atoms with Crippen LogP contribution in [0.25, 0.3) is 0 Å². The van der Waals surface area contributed by atoms with E-state index in [1.54, 1.807) is 0 Å². The van der Waals surface area contributed by atoms with Crippen LogP contribution in [0.4, 0.5) is 0 Å². The molecule has 1 saturated carbocycles. The highest BCUT2D eigenvalue weighted by Gasteiger charge is 2.56. The first kappa shape index (κ1) is 6.49. The van der Waals surface area contributed by atoms with E-state index in [1.807, 2.05) is 18.2 Å². The van der Waals surface area contributed by atoms with Gasteiger partial charge in [0.05, 0.1) is 12.1 Å². The van der Waals surface area contributed by atoms with E-state index in [4.69, 9.17) is 10.5 Å². The van der Waals surface area contributed by atoms with Crippen LogP contribution >= 0.6 is 0 Å². The molecule has 0 bridgehead atoms. The Bertz CT molecular complexity index is 334. The third kappa shape index (κ3) is 0.636. The predicted molar refractivity (Wildman–Crippen MR) is 45.9 cm³/mol. The largest absolute Gasteiger partial charge is 0.493 e. The summed E-state index contributed by atoms with van der Waals surface area (Å²) in [6.07, 6.45) is 1.09. The SMILES string of the molecule is NC12CC1COc1ccccc12. The Morgan fingerprint density at radius 2 is 2.25 bits per heavy atom. The summed E-state index contributed by atoms with van der Waals surface area (Å²) in [6.45, 7) is 0.799. The van der Waals surface area contributed by atoms with E-state index in [9.17, 15) is 0 Å². The Balaban J connectivity index is 2.19. The van der Waals surface area contributed by atoms with Crippen molar-refractivity contribution in [3.8, 4) is 5.75 Å². The fraction of sp³-hybridized carbons (Fsp3) is 0.400. The monoisotopic (exact) mass is 161 g/mol. The second-order valence-electron chi connectivity index (χ2n) is 3.75. The third-order valence-corrected chi connectivity index (χ3v) is 2.98. The van der Waals surface area contributed by atoms with Gasteiger partial charge in [0.1, 0.15) is 5.75 Å². The molecular weight excluding hydrogens is 150 g/mol. The molecule has 12 heavy (non-hydrogen) atoms. The second kappa shape index (κ2) is 1.83. The first-order chi connectivity index (χ1) is 5.81. The fourth-order valence-corrected chi connectivity index (χ4v) is 2.05. The van der Waals surface area contributed by atoms with Gasteiger partial charge in [-0.15, -0.1) is 0 Å². The minimum absolute atomic E-state index is 0.0468. The quantitative estimate of drug-likeness (QED) is 0.621. The minimum Gasteiger partial charge on any atom is -0.493 e. The molecule has 0 amide bonds. The molecule has 2 N–H and O–H groups in total. The van der Waals surface area contributed by atoms with E-state index >= 15 is 0 Å². The van der Waals surface area contributed by atoms with Crippen molar-refractivity contribution in [2.75, 3.05) is 6.61 Å². The van der Waals surface area contributed by atoms with Crippen molar-refractivity contribution < 1.29 is 4.74 Å². The number of fused-ring (bicyclic) bond motifs is 3. The van der Waals surface area contributed by atoms with Gasteiger partial charge in [-0.2, -0.15) is 0 Å². The smallest absolute Gasteiger partial charge is 0.124 e. The maximum absolute atomic E-state index is 6.18. The van der Waals surface area contributed by atoms with Crippen molar-refractivity contribution in [1.82, 2.24) is 0 Å². The summed E-state index contributed by atoms with van der Waals surface area (Å²) in [4.78, 5) is 0. The van der Waals surface area contributed by atoms with Crippen molar-refractivity contribution in [3.63, 3.8) is 0 Å². The van der Waals surface area contributed by atoms with Crippen molar-refractivity contribution >= 4 is 0 Å². The Hall–Kier alpha value is -1.02. The predicted octanol–water partition coefficient (Wildman–Crippen LogP) is 1.25. The molecule has 1 aliphatic carbocycles. The van der Waals surface area contributed by atoms with E-state index in [-0.39, 0.29) is 5.54 Å². The maximum atomic E-state index is 6.18. The highest BCUT2D eigenvalue weighted by molar-refractivity contribution is 5.45. The highest BCUT2D eigenvalue weighted by Crippen LogP contribution is 2.55. The number of ether oxygens (including phenoxy) is 1. The van der Waals surface area contributed by atoms with Crippen LogP contribution in [0.15, 0.2) is 24.3 Å². The summed E-state index contributed by atoms with van der Waals surface area (Å²) in [5.74, 6) is 1.54.